The van der Waals surface area contributed by atoms with Gasteiger partial charge in [-0.25, -0.2) is 0 Å². The molecule has 0 aliphatic rings. The maximum absolute atomic E-state index is 12.0. The fourth-order valence-corrected chi connectivity index (χ4v) is 2.43. The molecule has 0 unspecified atom stereocenters. The van der Waals surface area contributed by atoms with E-state index in [1.165, 1.54) is 18.2 Å². The molecule has 6 nitrogen and oxygen atoms in total. The molecular weight excluding hydrogens is 325 g/mol. The molecule has 0 bridgehead atoms. The van der Waals surface area contributed by atoms with Crippen LogP contribution in [-0.2, 0) is 10.3 Å². The maximum Gasteiger partial charge on any atom is 0.380 e. The van der Waals surface area contributed by atoms with Gasteiger partial charge in [-0.05, 0) is 36.4 Å². The summed E-state index contributed by atoms with van der Waals surface area (Å²) in [5.41, 5.74) is 0.946. The van der Waals surface area contributed by atoms with Crippen LogP contribution in [0.25, 0.3) is 22.3 Å². The summed E-state index contributed by atoms with van der Waals surface area (Å²) < 4.78 is 31.9. The molecule has 0 aliphatic carbocycles. The van der Waals surface area contributed by atoms with Gasteiger partial charge >= 0.3 is 10.3 Å². The Hall–Kier alpha value is -2.71. The fourth-order valence-electron chi connectivity index (χ4n) is 2.06. The van der Waals surface area contributed by atoms with E-state index in [0.717, 1.165) is 0 Å². The average molecular weight is 680 g/mol. The van der Waals surface area contributed by atoms with Crippen molar-refractivity contribution in [3.63, 3.8) is 0 Å². The zero-order chi connectivity index (χ0) is 15.7. The summed E-state index contributed by atoms with van der Waals surface area (Å²) in [6.07, 6.45) is 0. The standard InChI is InChI=1S/C15H11NO5S.FH.170H2/c16-22(18,19)21-11-7-5-10(6-8-11)15-9-13(17)12-3-1-2-4-14(12)20-15;;;;;;;;;;;;;;;;;;;;;;;;;;;;;;;;;;;;;;;;;;;;;;;;;;;;;;;;;;;;;;;;;;;;;;;;;;;;;;;;;;;;;;;;;;;;;;;;;;;;;;;;;;;;;;;;;;;;;;;;;;;;;;;;;;;;;;;;;;;;;;;;;;;;;;;;;;;;;;;;;;;;;;;;;;;/h1-9H,(H2,16,18,19);171*1H. The maximum atomic E-state index is 12.0. The van der Waals surface area contributed by atoms with Crippen LogP contribution in [-0.4, -0.2) is 8.42 Å². The molecule has 0 radical (unpaired) electrons. The van der Waals surface area contributed by atoms with Gasteiger partial charge in [-0.3, -0.25) is 9.50 Å². The van der Waals surface area contributed by atoms with Crippen molar-refractivity contribution < 1.29 is 264 Å². The third-order valence-corrected chi connectivity index (χ3v) is 3.41. The highest BCUT2D eigenvalue weighted by Gasteiger charge is 2.08. The first-order valence-electron chi connectivity index (χ1n) is 6.28. The van der Waals surface area contributed by atoms with Gasteiger partial charge in [-0.2, -0.15) is 13.6 Å². The number of fused-ring (bicyclic) bond motifs is 1. The van der Waals surface area contributed by atoms with Gasteiger partial charge in [0, 0.05) is 254 Å². The third kappa shape index (κ3) is 3.74. The topological polar surface area (TPSA) is 99.6 Å². The highest BCUT2D eigenvalue weighted by molar-refractivity contribution is 7.84. The van der Waals surface area contributed by atoms with Crippen molar-refractivity contribution in [1.82, 2.24) is 0 Å². The zero-order valence-corrected chi connectivity index (χ0v) is 12.4. The Balaban J connectivity index is -0.000000000202. The van der Waals surface area contributed by atoms with E-state index < -0.39 is 10.3 Å². The fraction of sp³-hybridized carbons (Fsp3) is 0. The number of benzene rings is 2. The van der Waals surface area contributed by atoms with E-state index >= 15 is 0 Å². The number of rotatable bonds is 3. The van der Waals surface area contributed by atoms with Crippen molar-refractivity contribution in [2.24, 2.45) is 5.14 Å². The van der Waals surface area contributed by atoms with Crippen molar-refractivity contribution in [2.75, 3.05) is 0 Å². The van der Waals surface area contributed by atoms with Crippen LogP contribution in [0.2, 0.25) is 0 Å². The van der Waals surface area contributed by atoms with Crippen molar-refractivity contribution >= 4 is 21.3 Å². The Bertz CT molecular complexity index is 1100. The zero-order valence-electron chi connectivity index (χ0n) is 11.6. The monoisotopic (exact) mass is 680 g/mol. The molecule has 0 saturated carbocycles. The Morgan fingerprint density at radius 1 is 1.04 bits per heavy atom. The van der Waals surface area contributed by atoms with E-state index in [2.05, 4.69) is 4.18 Å². The molecule has 3 aromatic rings. The van der Waals surface area contributed by atoms with Crippen LogP contribution >= 0.6 is 0 Å². The van der Waals surface area contributed by atoms with Crippen LogP contribution < -0.4 is 14.8 Å². The lowest BCUT2D eigenvalue weighted by Gasteiger charge is -2.05. The van der Waals surface area contributed by atoms with Gasteiger partial charge in [0.15, 0.2) is 5.43 Å². The molecule has 0 fully saturated rings. The summed E-state index contributed by atoms with van der Waals surface area (Å²) in [4.78, 5) is 12.0. The predicted octanol–water partition coefficient (Wildman–Crippen LogP) is 44.0. The molecular formula is C15H352FNO5S. The van der Waals surface area contributed by atoms with Gasteiger partial charge < -0.3 is 8.60 Å². The molecule has 0 atom stereocenters. The second kappa shape index (κ2) is 6.19. The van der Waals surface area contributed by atoms with Gasteiger partial charge in [0.2, 0.25) is 0 Å². The van der Waals surface area contributed by atoms with Crippen LogP contribution in [0.15, 0.2) is 63.8 Å². The minimum Gasteiger partial charge on any atom is -0.456 e. The molecule has 0 amide bonds. The smallest absolute Gasteiger partial charge is 0.380 e. The molecule has 1 aromatic heterocycles. The third-order valence-electron chi connectivity index (χ3n) is 2.99. The molecule has 0 spiro atoms. The van der Waals surface area contributed by atoms with E-state index in [1.54, 1.807) is 36.4 Å². The second-order valence-corrected chi connectivity index (χ2v) is 5.72. The lowest BCUT2D eigenvalue weighted by Crippen LogP contribution is -2.18. The highest BCUT2D eigenvalue weighted by Crippen LogP contribution is 2.24. The van der Waals surface area contributed by atoms with Gasteiger partial charge in [0.25, 0.3) is 0 Å². The first-order chi connectivity index (χ1) is 10.4. The van der Waals surface area contributed by atoms with E-state index in [0.29, 0.717) is 22.3 Å². The lowest BCUT2D eigenvalue weighted by molar-refractivity contribution is 0.488. The Morgan fingerprint density at radius 3 is 2.35 bits per heavy atom. The molecule has 0 saturated heterocycles. The number of nitrogens with two attached hydrogens (primary N) is 1. The highest BCUT2D eigenvalue weighted by atomic mass is 32.2. The van der Waals surface area contributed by atoms with Crippen LogP contribution in [0.4, 0.5) is 4.70 Å². The van der Waals surface area contributed by atoms with Crippen molar-refractivity contribution in [1.29, 1.82) is 0 Å². The summed E-state index contributed by atoms with van der Waals surface area (Å²) in [6, 6.07) is 14.3. The molecule has 1 heterocycles. The molecule has 2 aromatic carbocycles. The van der Waals surface area contributed by atoms with Crippen LogP contribution in [0.1, 0.15) is 243 Å². The van der Waals surface area contributed by atoms with Crippen molar-refractivity contribution in [2.45, 2.75) is 0 Å². The number of hydrogen-bond donors (Lipinski definition) is 1. The molecule has 8 heteroatoms. The van der Waals surface area contributed by atoms with Crippen LogP contribution in [0.5, 0.6) is 5.75 Å². The SMILES string of the molecule is F.NS(=O)(=O)Oc1ccc(-c2cc(=O)c3ccccc3o2)cc1.[HH].[HH].[HH].[HH].[HH].[HH].[HH].[HH].[HH].[HH].[HH].[HH].[HH].[HH].[HH].[HH].[HH].[HH].[HH].[HH].[HH].[HH].[HH].[HH].[HH].[HH].[HH].[HH].[HH].[HH].[HH].[HH].[HH].[HH].[HH].[HH].[HH].[HH].[HH].[HH].[HH].[HH].[HH].[HH].[HH].[HH].[HH].[HH].[HH].[HH].[HH].[HH].[HH].[HH].[HH].[HH].[HH].[HH].[HH].[HH].[HH].[HH].[HH].[HH].[HH].[HH].[HH].[HH].[HH].[HH].[HH].[HH].[HH].[HH].[HH].[HH].[HH].[HH].[HH].[HH].[HH].[HH].[HH].[HH].[HH].[HH].[HH].[HH].[HH].[HH].[HH].[HH].[HH].[HH].[HH].[HH].[HH].[HH].[HH].[HH].[HH].[HH].[HH].[HH].[HH].[HH].[HH].[HH].[HH].[HH].[HH].[HH].[HH].[HH].[HH].[HH].[HH].[HH].[HH].[HH].[HH].[HH].[HH].[HH].[HH].[HH].[HH].[HH].[HH].[HH].[HH].[HH].[HH].[HH].[HH].[HH].[HH].[HH].[HH].[HH].[HH].[HH].[HH].[HH].[HH].[HH].[HH].[HH].[HH].[HH].[HH].[HH].[HH].[HH].[HH].[HH].[HH].[HH].[HH].[HH].[HH].[HH].[HH].[HH].[HH].[HH].[HH].[HH].[HH].[HH]. The van der Waals surface area contributed by atoms with Gasteiger partial charge in [0.05, 0.1) is 5.39 Å². The van der Waals surface area contributed by atoms with Crippen molar-refractivity contribution in [3.05, 3.63) is 64.8 Å². The molecule has 23 heavy (non-hydrogen) atoms. The first-order valence-corrected chi connectivity index (χ1v) is 7.75. The molecule has 460 valence electrons. The van der Waals surface area contributed by atoms with E-state index in [-0.39, 0.29) is 258 Å². The van der Waals surface area contributed by atoms with E-state index in [1.807, 2.05) is 0 Å². The van der Waals surface area contributed by atoms with Crippen molar-refractivity contribution in [3.8, 4) is 17.1 Å². The predicted molar refractivity (Wildman–Crippen MR) is 444 cm³/mol. The van der Waals surface area contributed by atoms with Crippen LogP contribution in [0, 0.1) is 0 Å². The average Bonchev–Trinajstić information content (AvgIpc) is 2.46. The summed E-state index contributed by atoms with van der Waals surface area (Å²) in [6.45, 7) is 0. The largest absolute Gasteiger partial charge is 0.456 e. The van der Waals surface area contributed by atoms with Crippen LogP contribution in [0.3, 0.4) is 0 Å². The summed E-state index contributed by atoms with van der Waals surface area (Å²) in [5.74, 6) is 0.459. The molecule has 2 N–H and O–H groups in total. The molecule has 0 aliphatic heterocycles. The Kier molecular flexibility index (Phi) is 4.48. The number of hydrogen-bond acceptors (Lipinski definition) is 5. The van der Waals surface area contributed by atoms with Gasteiger partial charge in [0.1, 0.15) is 17.1 Å². The molecule has 3 rings (SSSR count). The normalized spacial score (nSPS) is 11.0. The lowest BCUT2D eigenvalue weighted by atomic mass is 10.1. The Morgan fingerprint density at radius 2 is 1.70 bits per heavy atom. The number of halogens is 1. The summed E-state index contributed by atoms with van der Waals surface area (Å²) >= 11 is 0. The minimum atomic E-state index is -4.06. The summed E-state index contributed by atoms with van der Waals surface area (Å²) in [5, 5.41) is 5.29. The minimum absolute atomic E-state index is 0. The number of para-hydroxylation sites is 1. The first kappa shape index (κ1) is 16.7. The second-order valence-electron chi connectivity index (χ2n) is 4.57. The van der Waals surface area contributed by atoms with Gasteiger partial charge in [-0.1, -0.05) is 12.1 Å². The Labute approximate surface area is 383 Å². The summed E-state index contributed by atoms with van der Waals surface area (Å²) in [7, 11) is -4.06. The van der Waals surface area contributed by atoms with Gasteiger partial charge in [-0.15, -0.1) is 0 Å². The van der Waals surface area contributed by atoms with E-state index in [4.69, 9.17) is 9.56 Å². The van der Waals surface area contributed by atoms with E-state index in [9.17, 15) is 13.2 Å². The quantitative estimate of drug-likeness (QED) is 0.297.